The number of fused-ring (bicyclic) bond motifs is 1. The van der Waals surface area contributed by atoms with E-state index in [0.717, 1.165) is 18.2 Å². The second-order valence-corrected chi connectivity index (χ2v) is 11.5. The number of benzene rings is 2. The number of sulfonamides is 1. The molecule has 0 aliphatic rings. The smallest absolute Gasteiger partial charge is 0.331 e. The molecule has 0 fully saturated rings. The molecule has 0 aliphatic carbocycles. The van der Waals surface area contributed by atoms with E-state index in [0.29, 0.717) is 5.75 Å². The highest BCUT2D eigenvalue weighted by Gasteiger charge is 2.33. The van der Waals surface area contributed by atoms with Crippen molar-refractivity contribution in [2.45, 2.75) is 19.1 Å². The molecule has 1 amide bonds. The molecular weight excluding hydrogens is 558 g/mol. The fourth-order valence-electron chi connectivity index (χ4n) is 4.25. The first-order valence-corrected chi connectivity index (χ1v) is 14.7. The summed E-state index contributed by atoms with van der Waals surface area (Å²) in [5.74, 6) is -1.64. The Kier molecular flexibility index (Phi) is 8.21. The number of amides is 1. The van der Waals surface area contributed by atoms with Crippen LogP contribution >= 0.6 is 11.8 Å². The Labute approximate surface area is 225 Å². The van der Waals surface area contributed by atoms with Crippen LogP contribution in [0.4, 0.5) is 17.6 Å². The fourth-order valence-corrected chi connectivity index (χ4v) is 5.87. The van der Waals surface area contributed by atoms with Gasteiger partial charge in [-0.2, -0.15) is 24.9 Å². The van der Waals surface area contributed by atoms with Crippen LogP contribution in [-0.2, 0) is 22.7 Å². The Morgan fingerprint density at radius 3 is 2.51 bits per heavy atom. The van der Waals surface area contributed by atoms with Crippen molar-refractivity contribution in [2.75, 3.05) is 17.8 Å². The Bertz CT molecular complexity index is 1700. The molecule has 0 aliphatic heterocycles. The van der Waals surface area contributed by atoms with Gasteiger partial charge in [-0.1, -0.05) is 18.2 Å². The lowest BCUT2D eigenvalue weighted by molar-refractivity contribution is -0.137. The number of hydrogen-bond acceptors (Lipinski definition) is 5. The first kappa shape index (κ1) is 28.4. The van der Waals surface area contributed by atoms with Crippen molar-refractivity contribution in [1.29, 1.82) is 0 Å². The minimum Gasteiger partial charge on any atom is -0.331 e. The van der Waals surface area contributed by atoms with E-state index >= 15 is 0 Å². The van der Waals surface area contributed by atoms with Gasteiger partial charge < -0.3 is 9.55 Å². The van der Waals surface area contributed by atoms with Crippen molar-refractivity contribution >= 4 is 38.6 Å². The van der Waals surface area contributed by atoms with Crippen LogP contribution in [0.3, 0.4) is 0 Å². The molecule has 0 radical (unpaired) electrons. The van der Waals surface area contributed by atoms with Crippen LogP contribution in [0.25, 0.3) is 22.0 Å². The van der Waals surface area contributed by atoms with Gasteiger partial charge in [-0.05, 0) is 54.8 Å². The minimum absolute atomic E-state index is 0.0782. The van der Waals surface area contributed by atoms with Gasteiger partial charge in [-0.3, -0.25) is 9.59 Å². The van der Waals surface area contributed by atoms with Crippen molar-refractivity contribution in [1.82, 2.24) is 14.3 Å². The maximum atomic E-state index is 14.7. The number of nitrogens with one attached hydrogen (secondary N) is 2. The summed E-state index contributed by atoms with van der Waals surface area (Å²) < 4.78 is 84.3. The number of aromatic nitrogens is 2. The molecule has 7 nitrogen and oxygen atoms in total. The van der Waals surface area contributed by atoms with Gasteiger partial charge in [-0.15, -0.1) is 0 Å². The average molecular weight is 582 g/mol. The summed E-state index contributed by atoms with van der Waals surface area (Å²) in [6.07, 6.45) is -1.39. The van der Waals surface area contributed by atoms with Crippen molar-refractivity contribution in [3.8, 4) is 11.1 Å². The molecule has 2 aromatic heterocycles. The normalized spacial score (nSPS) is 12.1. The highest BCUT2D eigenvalue weighted by molar-refractivity contribution is 7.98. The van der Waals surface area contributed by atoms with Crippen LogP contribution in [0.15, 0.2) is 65.6 Å². The third-order valence-electron chi connectivity index (χ3n) is 5.99. The number of H-pyrrole nitrogens is 1. The van der Waals surface area contributed by atoms with Gasteiger partial charge in [0.25, 0.3) is 11.5 Å². The van der Waals surface area contributed by atoms with Crippen LogP contribution < -0.4 is 10.3 Å². The zero-order valence-electron chi connectivity index (χ0n) is 20.5. The fraction of sp³-hybridized carbons (Fsp3) is 0.231. The number of halogens is 4. The van der Waals surface area contributed by atoms with Gasteiger partial charge in [0.05, 0.1) is 17.9 Å². The van der Waals surface area contributed by atoms with Gasteiger partial charge in [0.15, 0.2) is 0 Å². The number of carbonyl (C=O) groups is 1. The summed E-state index contributed by atoms with van der Waals surface area (Å²) in [6.45, 7) is -0.325. The molecule has 2 aromatic carbocycles. The molecule has 0 bridgehead atoms. The zero-order chi connectivity index (χ0) is 28.4. The maximum absolute atomic E-state index is 14.7. The number of carbonyl (C=O) groups excluding carboxylic acids is 1. The van der Waals surface area contributed by atoms with Gasteiger partial charge in [-0.25, -0.2) is 17.5 Å². The lowest BCUT2D eigenvalue weighted by Crippen LogP contribution is -2.34. The molecule has 206 valence electrons. The van der Waals surface area contributed by atoms with E-state index in [2.05, 4.69) is 4.98 Å². The third kappa shape index (κ3) is 6.19. The maximum Gasteiger partial charge on any atom is 0.416 e. The molecule has 0 atom stereocenters. The van der Waals surface area contributed by atoms with Crippen LogP contribution in [0.1, 0.15) is 28.0 Å². The van der Waals surface area contributed by atoms with E-state index in [1.54, 1.807) is 12.3 Å². The summed E-state index contributed by atoms with van der Waals surface area (Å²) in [7, 11) is -4.14. The van der Waals surface area contributed by atoms with Crippen molar-refractivity contribution in [3.63, 3.8) is 0 Å². The highest BCUT2D eigenvalue weighted by atomic mass is 32.2. The van der Waals surface area contributed by atoms with Gasteiger partial charge in [0.2, 0.25) is 10.0 Å². The minimum atomic E-state index is -4.74. The van der Waals surface area contributed by atoms with Crippen LogP contribution in [0.2, 0.25) is 0 Å². The predicted octanol–water partition coefficient (Wildman–Crippen LogP) is 5.02. The van der Waals surface area contributed by atoms with Gasteiger partial charge >= 0.3 is 6.18 Å². The second kappa shape index (κ2) is 11.3. The summed E-state index contributed by atoms with van der Waals surface area (Å²) >= 11 is 1.42. The number of rotatable bonds is 9. The van der Waals surface area contributed by atoms with E-state index in [9.17, 15) is 35.6 Å². The Morgan fingerprint density at radius 2 is 1.85 bits per heavy atom. The van der Waals surface area contributed by atoms with E-state index < -0.39 is 44.7 Å². The molecule has 39 heavy (non-hydrogen) atoms. The monoisotopic (exact) mass is 581 g/mol. The van der Waals surface area contributed by atoms with Crippen molar-refractivity contribution in [2.24, 2.45) is 0 Å². The van der Waals surface area contributed by atoms with Crippen LogP contribution in [0.5, 0.6) is 0 Å². The molecule has 4 rings (SSSR count). The SMILES string of the molecule is CSCCCS(=O)(=O)NC(=O)c1c(-c2ccc[nH]c2=O)c2cc(C(F)(F)F)ccc2n1Cc1ccccc1F. The van der Waals surface area contributed by atoms with E-state index in [4.69, 9.17) is 0 Å². The van der Waals surface area contributed by atoms with Crippen LogP contribution in [-0.4, -0.2) is 41.6 Å². The molecule has 0 unspecified atom stereocenters. The van der Waals surface area contributed by atoms with Crippen molar-refractivity contribution < 1.29 is 30.8 Å². The molecule has 0 spiro atoms. The number of thioether (sulfide) groups is 1. The number of hydrogen-bond donors (Lipinski definition) is 2. The molecule has 2 N–H and O–H groups in total. The number of pyridine rings is 1. The Hall–Kier alpha value is -3.58. The zero-order valence-corrected chi connectivity index (χ0v) is 22.1. The number of alkyl halides is 3. The Balaban J connectivity index is 2.02. The van der Waals surface area contributed by atoms with E-state index in [-0.39, 0.29) is 46.3 Å². The highest BCUT2D eigenvalue weighted by Crippen LogP contribution is 2.38. The molecule has 4 aromatic rings. The second-order valence-electron chi connectivity index (χ2n) is 8.64. The molecule has 0 saturated heterocycles. The molecule has 13 heteroatoms. The van der Waals surface area contributed by atoms with Gasteiger partial charge in [0, 0.05) is 33.8 Å². The topological polar surface area (TPSA) is 101 Å². The molecular formula is C26H23F4N3O4S2. The average Bonchev–Trinajstić information content (AvgIpc) is 3.18. The molecule has 2 heterocycles. The third-order valence-corrected chi connectivity index (χ3v) is 8.01. The lowest BCUT2D eigenvalue weighted by Gasteiger charge is -2.14. The predicted molar refractivity (Wildman–Crippen MR) is 143 cm³/mol. The standard InChI is InChI=1S/C26H23F4N3O4S2/c1-38-12-5-13-39(36,37)32-25(35)23-22(18-7-4-11-31-24(18)34)19-14-17(26(28,29)30)9-10-21(19)33(23)15-16-6-2-3-8-20(16)27/h2-4,6-11,14H,5,12-13,15H2,1H3,(H,31,34)(H,32,35). The van der Waals surface area contributed by atoms with E-state index in [1.165, 1.54) is 52.9 Å². The number of aromatic amines is 1. The molecule has 0 saturated carbocycles. The first-order valence-electron chi connectivity index (χ1n) is 11.6. The number of nitrogens with zero attached hydrogens (tertiary/aromatic N) is 1. The lowest BCUT2D eigenvalue weighted by atomic mass is 10.0. The Morgan fingerprint density at radius 1 is 1.10 bits per heavy atom. The first-order chi connectivity index (χ1) is 18.4. The van der Waals surface area contributed by atoms with Crippen LogP contribution in [0, 0.1) is 5.82 Å². The summed E-state index contributed by atoms with van der Waals surface area (Å²) in [4.78, 5) is 28.8. The summed E-state index contributed by atoms with van der Waals surface area (Å²) in [5, 5.41) is -0.122. The van der Waals surface area contributed by atoms with Crippen molar-refractivity contribution in [3.05, 3.63) is 93.8 Å². The van der Waals surface area contributed by atoms with E-state index in [1.807, 2.05) is 4.72 Å². The summed E-state index contributed by atoms with van der Waals surface area (Å²) in [5.41, 5.74) is -2.32. The van der Waals surface area contributed by atoms with Gasteiger partial charge in [0.1, 0.15) is 11.5 Å². The largest absolute Gasteiger partial charge is 0.416 e. The summed E-state index contributed by atoms with van der Waals surface area (Å²) in [6, 6.07) is 11.1. The quantitative estimate of drug-likeness (QED) is 0.214.